The Bertz CT molecular complexity index is 1170. The minimum Gasteiger partial charge on any atom is -0.478 e. The van der Waals surface area contributed by atoms with E-state index in [0.717, 1.165) is 56.9 Å². The largest absolute Gasteiger partial charge is 0.478 e. The Kier molecular flexibility index (Phi) is 32.2. The van der Waals surface area contributed by atoms with Gasteiger partial charge in [0.05, 0.1) is 19.7 Å². The highest BCUT2D eigenvalue weighted by Crippen LogP contribution is 2.16. The van der Waals surface area contributed by atoms with Crippen LogP contribution in [0.25, 0.3) is 0 Å². The van der Waals surface area contributed by atoms with Gasteiger partial charge in [0.2, 0.25) is 0 Å². The number of allylic oxidation sites excluding steroid dienone is 4. The Labute approximate surface area is 343 Å². The first-order chi connectivity index (χ1) is 27.2. The quantitative estimate of drug-likeness (QED) is 0.0311. The first kappa shape index (κ1) is 51.1. The Morgan fingerprint density at radius 3 is 1.39 bits per heavy atom. The van der Waals surface area contributed by atoms with Crippen LogP contribution >= 0.6 is 0 Å². The van der Waals surface area contributed by atoms with Crippen LogP contribution in [0.4, 0.5) is 0 Å². The molecule has 1 aromatic rings. The number of esters is 2. The van der Waals surface area contributed by atoms with Crippen LogP contribution in [-0.2, 0) is 25.6 Å². The SMILES string of the molecule is CCCCCCCCC=CCCCCCCCC(=O)OCC(C[N+](C)(C)Cc1ccc(C(=O)O)cc1)OC(=O)CCCCCCCC=CCCCCCCCC. The van der Waals surface area contributed by atoms with E-state index in [0.29, 0.717) is 30.4 Å². The molecule has 0 saturated heterocycles. The molecule has 0 radical (unpaired) electrons. The van der Waals surface area contributed by atoms with Gasteiger partial charge >= 0.3 is 17.9 Å². The molecule has 0 heterocycles. The summed E-state index contributed by atoms with van der Waals surface area (Å²) in [5.41, 5.74) is 1.24. The van der Waals surface area contributed by atoms with E-state index in [-0.39, 0.29) is 24.1 Å². The Balaban J connectivity index is 2.40. The Morgan fingerprint density at radius 2 is 0.964 bits per heavy atom. The van der Waals surface area contributed by atoms with Crippen molar-refractivity contribution >= 4 is 17.9 Å². The second kappa shape index (κ2) is 35.2. The van der Waals surface area contributed by atoms with Crippen LogP contribution in [0.2, 0.25) is 0 Å². The van der Waals surface area contributed by atoms with E-state index < -0.39 is 12.1 Å². The average molecular weight is 783 g/mol. The summed E-state index contributed by atoms with van der Waals surface area (Å²) in [6.45, 7) is 5.65. The maximum absolute atomic E-state index is 13.0. The van der Waals surface area contributed by atoms with Crippen LogP contribution in [0, 0.1) is 0 Å². The fourth-order valence-electron chi connectivity index (χ4n) is 7.17. The van der Waals surface area contributed by atoms with Gasteiger partial charge in [-0.25, -0.2) is 4.79 Å². The molecule has 7 nitrogen and oxygen atoms in total. The van der Waals surface area contributed by atoms with Gasteiger partial charge in [0, 0.05) is 18.4 Å². The van der Waals surface area contributed by atoms with Crippen LogP contribution in [0.15, 0.2) is 48.6 Å². The number of rotatable bonds is 38. The summed E-state index contributed by atoms with van der Waals surface area (Å²) in [7, 11) is 4.09. The number of carboxylic acid groups (broad SMARTS) is 1. The molecule has 0 amide bonds. The lowest BCUT2D eigenvalue weighted by atomic mass is 10.1. The number of carbonyl (C=O) groups excluding carboxylic acids is 2. The predicted octanol–water partition coefficient (Wildman–Crippen LogP) is 13.5. The van der Waals surface area contributed by atoms with Crippen molar-refractivity contribution in [2.24, 2.45) is 0 Å². The number of aromatic carboxylic acids is 1. The second-order valence-electron chi connectivity index (χ2n) is 16.7. The van der Waals surface area contributed by atoms with E-state index in [1.54, 1.807) is 12.1 Å². The van der Waals surface area contributed by atoms with Gasteiger partial charge < -0.3 is 19.1 Å². The highest BCUT2D eigenvalue weighted by molar-refractivity contribution is 5.87. The number of likely N-dealkylation sites (N-methyl/N-ethyl adjacent to an activating group) is 1. The number of nitrogens with zero attached hydrogens (tertiary/aromatic N) is 1. The summed E-state index contributed by atoms with van der Waals surface area (Å²) < 4.78 is 12.1. The molecule has 0 fully saturated rings. The lowest BCUT2D eigenvalue weighted by molar-refractivity contribution is -0.906. The lowest BCUT2D eigenvalue weighted by Gasteiger charge is -2.33. The highest BCUT2D eigenvalue weighted by Gasteiger charge is 2.27. The van der Waals surface area contributed by atoms with Crippen molar-refractivity contribution in [3.05, 3.63) is 59.7 Å². The minimum atomic E-state index is -0.952. The highest BCUT2D eigenvalue weighted by atomic mass is 16.6. The monoisotopic (exact) mass is 783 g/mol. The zero-order valence-corrected chi connectivity index (χ0v) is 36.6. The molecule has 0 bridgehead atoms. The fourth-order valence-corrected chi connectivity index (χ4v) is 7.17. The summed E-state index contributed by atoms with van der Waals surface area (Å²) >= 11 is 0. The first-order valence-corrected chi connectivity index (χ1v) is 23.0. The summed E-state index contributed by atoms with van der Waals surface area (Å²) in [6, 6.07) is 6.87. The molecular weight excluding hydrogens is 699 g/mol. The van der Waals surface area contributed by atoms with Gasteiger partial charge in [-0.1, -0.05) is 153 Å². The summed E-state index contributed by atoms with van der Waals surface area (Å²) in [4.78, 5) is 37.0. The molecule has 0 aliphatic carbocycles. The average Bonchev–Trinajstić information content (AvgIpc) is 3.16. The fraction of sp³-hybridized carbons (Fsp3) is 0.735. The van der Waals surface area contributed by atoms with Crippen molar-refractivity contribution in [2.45, 2.75) is 206 Å². The van der Waals surface area contributed by atoms with Crippen molar-refractivity contribution in [1.82, 2.24) is 0 Å². The standard InChI is InChI=1S/C49H83NO6/c1-5-7-9-11-13-15-17-19-21-23-25-27-29-31-33-35-47(51)55-43-46(42-50(3,4)41-44-37-39-45(40-38-44)49(53)54)56-48(52)36-34-32-30-28-26-24-22-20-18-16-14-12-10-8-6-2/h19-22,37-40,46H,5-18,23-36,41-43H2,1-4H3/p+1. The smallest absolute Gasteiger partial charge is 0.335 e. The van der Waals surface area contributed by atoms with Gasteiger partial charge in [0.1, 0.15) is 19.7 Å². The zero-order valence-electron chi connectivity index (χ0n) is 36.6. The van der Waals surface area contributed by atoms with Crippen LogP contribution in [0.5, 0.6) is 0 Å². The van der Waals surface area contributed by atoms with E-state index >= 15 is 0 Å². The van der Waals surface area contributed by atoms with Crippen molar-refractivity contribution in [1.29, 1.82) is 0 Å². The topological polar surface area (TPSA) is 89.9 Å². The summed E-state index contributed by atoms with van der Waals surface area (Å²) in [5, 5.41) is 9.26. The maximum atomic E-state index is 13.0. The third kappa shape index (κ3) is 31.2. The van der Waals surface area contributed by atoms with Crippen molar-refractivity contribution in [3.8, 4) is 0 Å². The zero-order chi connectivity index (χ0) is 41.0. The number of ether oxygens (including phenoxy) is 2. The van der Waals surface area contributed by atoms with E-state index in [2.05, 4.69) is 38.2 Å². The molecule has 0 aromatic heterocycles. The molecule has 1 aromatic carbocycles. The van der Waals surface area contributed by atoms with E-state index in [9.17, 15) is 19.5 Å². The normalized spacial score (nSPS) is 12.4. The third-order valence-corrected chi connectivity index (χ3v) is 10.5. The van der Waals surface area contributed by atoms with Crippen LogP contribution in [0.1, 0.15) is 210 Å². The van der Waals surface area contributed by atoms with Crippen LogP contribution < -0.4 is 0 Å². The van der Waals surface area contributed by atoms with E-state index in [1.807, 2.05) is 26.2 Å². The Morgan fingerprint density at radius 1 is 0.571 bits per heavy atom. The molecule has 0 aliphatic rings. The van der Waals surface area contributed by atoms with Gasteiger partial charge in [-0.15, -0.1) is 0 Å². The number of hydrogen-bond acceptors (Lipinski definition) is 5. The second-order valence-corrected chi connectivity index (χ2v) is 16.7. The van der Waals surface area contributed by atoms with Crippen LogP contribution in [-0.4, -0.2) is 60.8 Å². The van der Waals surface area contributed by atoms with E-state index in [1.165, 1.54) is 116 Å². The predicted molar refractivity (Wildman–Crippen MR) is 234 cm³/mol. The molecule has 7 heteroatoms. The molecule has 56 heavy (non-hydrogen) atoms. The van der Waals surface area contributed by atoms with E-state index in [4.69, 9.17) is 9.47 Å². The number of carbonyl (C=O) groups is 3. The van der Waals surface area contributed by atoms with Gasteiger partial charge in [-0.3, -0.25) is 9.59 Å². The Hall–Kier alpha value is -2.93. The summed E-state index contributed by atoms with van der Waals surface area (Å²) in [5.74, 6) is -1.44. The number of unbranched alkanes of at least 4 members (excludes halogenated alkanes) is 22. The van der Waals surface area contributed by atoms with Crippen molar-refractivity contribution in [3.63, 3.8) is 0 Å². The number of hydrogen-bond donors (Lipinski definition) is 1. The summed E-state index contributed by atoms with van der Waals surface area (Å²) in [6.07, 6.45) is 40.9. The van der Waals surface area contributed by atoms with Crippen molar-refractivity contribution < 1.29 is 33.4 Å². The minimum absolute atomic E-state index is 0.0433. The molecule has 0 aliphatic heterocycles. The maximum Gasteiger partial charge on any atom is 0.335 e. The molecular formula is C49H84NO6+. The number of benzene rings is 1. The van der Waals surface area contributed by atoms with Gasteiger partial charge in [0.25, 0.3) is 0 Å². The van der Waals surface area contributed by atoms with Gasteiger partial charge in [-0.05, 0) is 76.3 Å². The molecule has 0 spiro atoms. The number of quaternary nitrogens is 1. The van der Waals surface area contributed by atoms with Crippen LogP contribution in [0.3, 0.4) is 0 Å². The number of carboxylic acids is 1. The molecule has 1 atom stereocenters. The lowest BCUT2D eigenvalue weighted by Crippen LogP contribution is -2.47. The molecule has 320 valence electrons. The van der Waals surface area contributed by atoms with Gasteiger partial charge in [0.15, 0.2) is 6.10 Å². The molecule has 0 saturated carbocycles. The molecule has 1 rings (SSSR count). The molecule has 1 unspecified atom stereocenters. The first-order valence-electron chi connectivity index (χ1n) is 23.0. The third-order valence-electron chi connectivity index (χ3n) is 10.5. The molecule has 1 N–H and O–H groups in total. The van der Waals surface area contributed by atoms with Gasteiger partial charge in [-0.2, -0.15) is 0 Å². The van der Waals surface area contributed by atoms with Crippen molar-refractivity contribution in [2.75, 3.05) is 27.2 Å².